The molecule has 0 aliphatic carbocycles. The van der Waals surface area contributed by atoms with E-state index < -0.39 is 26.8 Å². The van der Waals surface area contributed by atoms with Gasteiger partial charge < -0.3 is 9.72 Å². The van der Waals surface area contributed by atoms with Crippen LogP contribution in [0, 0.1) is 0 Å². The van der Waals surface area contributed by atoms with Gasteiger partial charge in [0.2, 0.25) is 16.0 Å². The van der Waals surface area contributed by atoms with Gasteiger partial charge in [-0.3, -0.25) is 24.1 Å². The van der Waals surface area contributed by atoms with E-state index in [9.17, 15) is 13.2 Å². The van der Waals surface area contributed by atoms with Crippen LogP contribution in [-0.4, -0.2) is 50.5 Å². The van der Waals surface area contributed by atoms with Crippen LogP contribution in [0.25, 0.3) is 17.1 Å². The van der Waals surface area contributed by atoms with Crippen LogP contribution in [0.1, 0.15) is 25.5 Å². The van der Waals surface area contributed by atoms with E-state index in [4.69, 9.17) is 16.3 Å². The van der Waals surface area contributed by atoms with Crippen LogP contribution in [0.15, 0.2) is 59.9 Å². The van der Waals surface area contributed by atoms with Crippen LogP contribution in [0.3, 0.4) is 0 Å². The molecule has 0 bridgehead atoms. The molecule has 0 amide bonds. The molecule has 2 atom stereocenters. The van der Waals surface area contributed by atoms with E-state index in [0.717, 1.165) is 0 Å². The summed E-state index contributed by atoms with van der Waals surface area (Å²) in [6.07, 6.45) is 5.99. The fourth-order valence-electron chi connectivity index (χ4n) is 3.46. The summed E-state index contributed by atoms with van der Waals surface area (Å²) in [6.45, 7) is 3.30. The summed E-state index contributed by atoms with van der Waals surface area (Å²) in [5, 5.41) is 7.73. The Kier molecular flexibility index (Phi) is 6.85. The highest BCUT2D eigenvalue weighted by Gasteiger charge is 2.31. The molecule has 35 heavy (non-hydrogen) atoms. The van der Waals surface area contributed by atoms with E-state index in [1.54, 1.807) is 50.4 Å². The van der Waals surface area contributed by atoms with Crippen molar-refractivity contribution in [2.75, 3.05) is 11.8 Å². The second kappa shape index (κ2) is 9.84. The number of anilines is 1. The molecule has 0 saturated carbocycles. The Labute approximate surface area is 206 Å². The fourth-order valence-corrected chi connectivity index (χ4v) is 4.82. The highest BCUT2D eigenvalue weighted by Crippen LogP contribution is 2.30. The number of aromatic nitrogens is 6. The first-order chi connectivity index (χ1) is 16.7. The number of H-pyrrole nitrogens is 1. The number of nitrogens with zero attached hydrogens (tertiary/aromatic N) is 5. The summed E-state index contributed by atoms with van der Waals surface area (Å²) >= 11 is 5.91. The predicted octanol–water partition coefficient (Wildman–Crippen LogP) is 3.01. The van der Waals surface area contributed by atoms with E-state index in [1.165, 1.54) is 30.3 Å². The van der Waals surface area contributed by atoms with Crippen LogP contribution in [0.5, 0.6) is 5.75 Å². The average Bonchev–Trinajstić information content (AvgIpc) is 3.26. The first-order valence-electron chi connectivity index (χ1n) is 10.5. The Bertz CT molecular complexity index is 1490. The molecule has 4 aromatic rings. The summed E-state index contributed by atoms with van der Waals surface area (Å²) < 4.78 is 35.9. The number of ether oxygens (including phenoxy) is 1. The van der Waals surface area contributed by atoms with Gasteiger partial charge in [0.25, 0.3) is 5.56 Å². The third-order valence-electron chi connectivity index (χ3n) is 5.57. The van der Waals surface area contributed by atoms with Crippen molar-refractivity contribution >= 4 is 27.6 Å². The molecule has 0 fully saturated rings. The molecule has 0 aliphatic heterocycles. The molecular weight excluding hydrogens is 494 g/mol. The summed E-state index contributed by atoms with van der Waals surface area (Å²) in [6, 6.07) is 8.27. The number of sulfonamides is 1. The number of nitrogens with one attached hydrogen (secondary N) is 2. The summed E-state index contributed by atoms with van der Waals surface area (Å²) in [4.78, 5) is 23.7. The van der Waals surface area contributed by atoms with Crippen molar-refractivity contribution in [3.05, 3.63) is 76.2 Å². The second-order valence-electron chi connectivity index (χ2n) is 7.69. The molecule has 13 heteroatoms. The smallest absolute Gasteiger partial charge is 0.276 e. The number of hydrogen-bond donors (Lipinski definition) is 2. The Morgan fingerprint density at radius 2 is 1.94 bits per heavy atom. The molecule has 2 N–H and O–H groups in total. The minimum Gasteiger partial charge on any atom is -0.494 e. The van der Waals surface area contributed by atoms with Gasteiger partial charge in [-0.15, -0.1) is 10.2 Å². The standard InChI is InChI=1S/C22H22ClN7O4S/c1-13(17-7-6-16(23)12-26-17)14(2)35(32,33)29-22-28-27-20(15-5-4-9-24-11-15)30(22)19-18(34-3)8-10-25-21(19)31/h4-14H,1-3H3,(H,25,31)(H,28,29)/t13-,14-/m0/s1. The molecule has 4 heterocycles. The molecule has 0 unspecified atom stereocenters. The van der Waals surface area contributed by atoms with E-state index >= 15 is 0 Å². The molecule has 0 aromatic carbocycles. The molecule has 4 rings (SSSR count). The minimum absolute atomic E-state index is 0.0108. The highest BCUT2D eigenvalue weighted by atomic mass is 35.5. The molecule has 11 nitrogen and oxygen atoms in total. The number of aromatic amines is 1. The van der Waals surface area contributed by atoms with Crippen molar-refractivity contribution in [3.63, 3.8) is 0 Å². The Hall–Kier alpha value is -3.77. The monoisotopic (exact) mass is 515 g/mol. The lowest BCUT2D eigenvalue weighted by atomic mass is 10.0. The lowest BCUT2D eigenvalue weighted by Gasteiger charge is -2.21. The van der Waals surface area contributed by atoms with Crippen molar-refractivity contribution in [1.29, 1.82) is 0 Å². The summed E-state index contributed by atoms with van der Waals surface area (Å²) in [5.74, 6) is -0.257. The third kappa shape index (κ3) is 4.88. The van der Waals surface area contributed by atoms with Crippen LogP contribution in [-0.2, 0) is 10.0 Å². The van der Waals surface area contributed by atoms with Crippen LogP contribution in [0.4, 0.5) is 5.95 Å². The maximum atomic E-state index is 13.4. The zero-order valence-electron chi connectivity index (χ0n) is 19.0. The highest BCUT2D eigenvalue weighted by molar-refractivity contribution is 7.93. The Morgan fingerprint density at radius 3 is 2.60 bits per heavy atom. The number of rotatable bonds is 8. The number of pyridine rings is 3. The lowest BCUT2D eigenvalue weighted by Crippen LogP contribution is -2.31. The zero-order valence-corrected chi connectivity index (χ0v) is 20.6. The quantitative estimate of drug-likeness (QED) is 0.364. The van der Waals surface area contributed by atoms with Gasteiger partial charge in [-0.05, 0) is 37.3 Å². The largest absolute Gasteiger partial charge is 0.494 e. The molecule has 0 radical (unpaired) electrons. The van der Waals surface area contributed by atoms with Crippen molar-refractivity contribution in [2.24, 2.45) is 0 Å². The molecule has 4 aromatic heterocycles. The Balaban J connectivity index is 1.80. The predicted molar refractivity (Wildman–Crippen MR) is 131 cm³/mol. The van der Waals surface area contributed by atoms with E-state index in [2.05, 4.69) is 29.9 Å². The van der Waals surface area contributed by atoms with Crippen LogP contribution < -0.4 is 15.0 Å². The zero-order chi connectivity index (χ0) is 25.2. The fraction of sp³-hybridized carbons (Fsp3) is 0.227. The van der Waals surface area contributed by atoms with Crippen molar-refractivity contribution in [1.82, 2.24) is 29.7 Å². The van der Waals surface area contributed by atoms with Gasteiger partial charge in [-0.2, -0.15) is 0 Å². The molecule has 182 valence electrons. The van der Waals surface area contributed by atoms with Gasteiger partial charge in [0.15, 0.2) is 11.5 Å². The normalized spacial score (nSPS) is 13.3. The number of methoxy groups -OCH3 is 1. The Morgan fingerprint density at radius 1 is 1.14 bits per heavy atom. The van der Waals surface area contributed by atoms with Gasteiger partial charge in [-0.25, -0.2) is 8.42 Å². The van der Waals surface area contributed by atoms with Gasteiger partial charge in [-0.1, -0.05) is 18.5 Å². The first kappa shape index (κ1) is 24.4. The van der Waals surface area contributed by atoms with Gasteiger partial charge >= 0.3 is 0 Å². The van der Waals surface area contributed by atoms with Crippen LogP contribution >= 0.6 is 11.6 Å². The second-order valence-corrected chi connectivity index (χ2v) is 10.2. The third-order valence-corrected chi connectivity index (χ3v) is 7.65. The lowest BCUT2D eigenvalue weighted by molar-refractivity contribution is 0.412. The van der Waals surface area contributed by atoms with Gasteiger partial charge in [0.05, 0.1) is 17.4 Å². The average molecular weight is 516 g/mol. The van der Waals surface area contributed by atoms with E-state index in [1.807, 2.05) is 0 Å². The SMILES string of the molecule is COc1cc[nH]c(=O)c1-n1c(NS(=O)(=O)[C@@H](C)[C@H](C)c2ccc(Cl)cn2)nnc1-c1cccnc1. The molecule has 0 spiro atoms. The van der Waals surface area contributed by atoms with E-state index in [0.29, 0.717) is 16.3 Å². The number of halogens is 1. The van der Waals surface area contributed by atoms with Crippen molar-refractivity contribution < 1.29 is 13.2 Å². The summed E-state index contributed by atoms with van der Waals surface area (Å²) in [5.41, 5.74) is 0.562. The molecule has 0 saturated heterocycles. The van der Waals surface area contributed by atoms with E-state index in [-0.39, 0.29) is 23.2 Å². The number of hydrogen-bond acceptors (Lipinski definition) is 8. The summed E-state index contributed by atoms with van der Waals surface area (Å²) in [7, 11) is -2.62. The van der Waals surface area contributed by atoms with Gasteiger partial charge in [0, 0.05) is 42.0 Å². The maximum absolute atomic E-state index is 13.4. The van der Waals surface area contributed by atoms with Crippen molar-refractivity contribution in [2.45, 2.75) is 25.0 Å². The van der Waals surface area contributed by atoms with Crippen LogP contribution in [0.2, 0.25) is 5.02 Å². The van der Waals surface area contributed by atoms with Gasteiger partial charge in [0.1, 0.15) is 5.75 Å². The first-order valence-corrected chi connectivity index (χ1v) is 12.4. The topological polar surface area (TPSA) is 145 Å². The maximum Gasteiger partial charge on any atom is 0.276 e. The molecular formula is C22H22ClN7O4S. The van der Waals surface area contributed by atoms with Crippen molar-refractivity contribution in [3.8, 4) is 22.8 Å². The minimum atomic E-state index is -4.02. The molecule has 0 aliphatic rings.